The van der Waals surface area contributed by atoms with Crippen molar-refractivity contribution in [1.82, 2.24) is 9.88 Å². The molecule has 0 aliphatic carbocycles. The number of benzene rings is 1. The zero-order chi connectivity index (χ0) is 14.5. The Labute approximate surface area is 121 Å². The monoisotopic (exact) mass is 272 g/mol. The van der Waals surface area contributed by atoms with E-state index < -0.39 is 0 Å². The molecule has 0 aliphatic heterocycles. The molecule has 3 heteroatoms. The normalized spacial score (nSPS) is 12.7. The summed E-state index contributed by atoms with van der Waals surface area (Å²) in [5.74, 6) is 1.48. The minimum absolute atomic E-state index is 0.404. The minimum atomic E-state index is 0.404. The van der Waals surface area contributed by atoms with E-state index in [1.807, 2.05) is 19.2 Å². The Morgan fingerprint density at radius 2 is 2.05 bits per heavy atom. The largest absolute Gasteiger partial charge is 0.497 e. The number of aromatic nitrogens is 1. The summed E-state index contributed by atoms with van der Waals surface area (Å²) >= 11 is 0. The summed E-state index contributed by atoms with van der Waals surface area (Å²) in [5, 5.41) is 3.38. The third-order valence-electron chi connectivity index (χ3n) is 3.61. The number of ether oxygens (including phenoxy) is 1. The summed E-state index contributed by atoms with van der Waals surface area (Å²) in [6.45, 7) is 5.34. The second-order valence-corrected chi connectivity index (χ2v) is 5.48. The van der Waals surface area contributed by atoms with Crippen LogP contribution in [0.3, 0.4) is 0 Å². The number of nitrogens with zero attached hydrogens (tertiary/aromatic N) is 1. The van der Waals surface area contributed by atoms with Crippen LogP contribution < -0.4 is 10.1 Å². The van der Waals surface area contributed by atoms with E-state index in [-0.39, 0.29) is 0 Å². The van der Waals surface area contributed by atoms with Gasteiger partial charge in [0.05, 0.1) is 7.11 Å². The lowest BCUT2D eigenvalue weighted by Gasteiger charge is -2.18. The van der Waals surface area contributed by atoms with E-state index in [2.05, 4.69) is 54.3 Å². The molecule has 2 aromatic rings. The van der Waals surface area contributed by atoms with E-state index in [4.69, 9.17) is 4.74 Å². The van der Waals surface area contributed by atoms with Crippen molar-refractivity contribution >= 4 is 0 Å². The zero-order valence-electron chi connectivity index (χ0n) is 12.8. The highest BCUT2D eigenvalue weighted by Crippen LogP contribution is 2.22. The smallest absolute Gasteiger partial charge is 0.119 e. The predicted octanol–water partition coefficient (Wildman–Crippen LogP) is 3.46. The molecule has 0 spiro atoms. The highest BCUT2D eigenvalue weighted by atomic mass is 16.5. The first-order valence-corrected chi connectivity index (χ1v) is 7.10. The molecule has 1 unspecified atom stereocenters. The van der Waals surface area contributed by atoms with E-state index in [0.717, 1.165) is 12.3 Å². The predicted molar refractivity (Wildman–Crippen MR) is 83.2 cm³/mol. The summed E-state index contributed by atoms with van der Waals surface area (Å²) in [5.41, 5.74) is 2.59. The molecule has 0 bridgehead atoms. The van der Waals surface area contributed by atoms with Gasteiger partial charge in [0.2, 0.25) is 0 Å². The molecule has 0 amide bonds. The van der Waals surface area contributed by atoms with Gasteiger partial charge in [-0.05, 0) is 42.3 Å². The van der Waals surface area contributed by atoms with Crippen LogP contribution in [0.4, 0.5) is 0 Å². The van der Waals surface area contributed by atoms with Crippen LogP contribution >= 0.6 is 0 Å². The first kappa shape index (κ1) is 14.7. The van der Waals surface area contributed by atoms with Gasteiger partial charge in [-0.3, -0.25) is 0 Å². The Morgan fingerprint density at radius 1 is 1.25 bits per heavy atom. The van der Waals surface area contributed by atoms with Crippen LogP contribution in [0.15, 0.2) is 42.7 Å². The molecule has 108 valence electrons. The molecule has 0 saturated heterocycles. The van der Waals surface area contributed by atoms with Crippen LogP contribution in [0.1, 0.15) is 31.0 Å². The van der Waals surface area contributed by atoms with Crippen LogP contribution in [0.2, 0.25) is 0 Å². The van der Waals surface area contributed by atoms with Crippen LogP contribution in [-0.2, 0) is 6.54 Å². The van der Waals surface area contributed by atoms with Gasteiger partial charge in [-0.15, -0.1) is 0 Å². The Hall–Kier alpha value is -1.74. The van der Waals surface area contributed by atoms with E-state index in [1.54, 1.807) is 7.11 Å². The van der Waals surface area contributed by atoms with Crippen molar-refractivity contribution in [2.45, 2.75) is 26.4 Å². The SMILES string of the molecule is CNC(c1ccn(Cc2cccc(OC)c2)c1)C(C)C. The maximum absolute atomic E-state index is 5.27. The number of methoxy groups -OCH3 is 1. The number of hydrogen-bond donors (Lipinski definition) is 1. The van der Waals surface area contributed by atoms with Crippen molar-refractivity contribution in [3.63, 3.8) is 0 Å². The van der Waals surface area contributed by atoms with Crippen molar-refractivity contribution in [3.8, 4) is 5.75 Å². The van der Waals surface area contributed by atoms with Crippen molar-refractivity contribution in [3.05, 3.63) is 53.9 Å². The first-order valence-electron chi connectivity index (χ1n) is 7.10. The van der Waals surface area contributed by atoms with E-state index in [0.29, 0.717) is 12.0 Å². The fourth-order valence-corrected chi connectivity index (χ4v) is 2.61. The van der Waals surface area contributed by atoms with Gasteiger partial charge < -0.3 is 14.6 Å². The molecule has 1 aromatic heterocycles. The fourth-order valence-electron chi connectivity index (χ4n) is 2.61. The summed E-state index contributed by atoms with van der Waals surface area (Å²) in [4.78, 5) is 0. The molecule has 1 heterocycles. The standard InChI is InChI=1S/C17H24N2O/c1-13(2)17(18-3)15-8-9-19(12-15)11-14-6-5-7-16(10-14)20-4/h5-10,12-13,17-18H,11H2,1-4H3. The van der Waals surface area contributed by atoms with Crippen LogP contribution in [0, 0.1) is 5.92 Å². The van der Waals surface area contributed by atoms with Crippen molar-refractivity contribution in [2.24, 2.45) is 5.92 Å². The van der Waals surface area contributed by atoms with E-state index in [1.165, 1.54) is 11.1 Å². The fraction of sp³-hybridized carbons (Fsp3) is 0.412. The molecule has 3 nitrogen and oxygen atoms in total. The zero-order valence-corrected chi connectivity index (χ0v) is 12.8. The van der Waals surface area contributed by atoms with Crippen LogP contribution in [0.5, 0.6) is 5.75 Å². The number of hydrogen-bond acceptors (Lipinski definition) is 2. The Bertz CT molecular complexity index is 545. The average Bonchev–Trinajstić information content (AvgIpc) is 2.87. The lowest BCUT2D eigenvalue weighted by molar-refractivity contribution is 0.414. The van der Waals surface area contributed by atoms with Gasteiger partial charge in [-0.1, -0.05) is 26.0 Å². The Kier molecular flexibility index (Phi) is 4.85. The van der Waals surface area contributed by atoms with Crippen LogP contribution in [-0.4, -0.2) is 18.7 Å². The molecular formula is C17H24N2O. The number of nitrogens with one attached hydrogen (secondary N) is 1. The Balaban J connectivity index is 2.12. The second kappa shape index (κ2) is 6.62. The van der Waals surface area contributed by atoms with Gasteiger partial charge in [0.25, 0.3) is 0 Å². The van der Waals surface area contributed by atoms with Gasteiger partial charge in [0, 0.05) is 25.0 Å². The van der Waals surface area contributed by atoms with E-state index in [9.17, 15) is 0 Å². The molecule has 0 aliphatic rings. The summed E-state index contributed by atoms with van der Waals surface area (Å²) < 4.78 is 7.48. The topological polar surface area (TPSA) is 26.2 Å². The molecular weight excluding hydrogens is 248 g/mol. The van der Waals surface area contributed by atoms with Crippen molar-refractivity contribution in [2.75, 3.05) is 14.2 Å². The average molecular weight is 272 g/mol. The third kappa shape index (κ3) is 3.42. The van der Waals surface area contributed by atoms with Gasteiger partial charge in [-0.25, -0.2) is 0 Å². The molecule has 2 rings (SSSR count). The molecule has 0 radical (unpaired) electrons. The molecule has 1 N–H and O–H groups in total. The van der Waals surface area contributed by atoms with Gasteiger partial charge in [0.15, 0.2) is 0 Å². The summed E-state index contributed by atoms with van der Waals surface area (Å²) in [6, 6.07) is 10.8. The lowest BCUT2D eigenvalue weighted by Crippen LogP contribution is -2.21. The molecule has 20 heavy (non-hydrogen) atoms. The second-order valence-electron chi connectivity index (χ2n) is 5.48. The third-order valence-corrected chi connectivity index (χ3v) is 3.61. The summed E-state index contributed by atoms with van der Waals surface area (Å²) in [7, 11) is 3.72. The van der Waals surface area contributed by atoms with Crippen molar-refractivity contribution in [1.29, 1.82) is 0 Å². The molecule has 1 atom stereocenters. The van der Waals surface area contributed by atoms with Gasteiger partial charge in [0.1, 0.15) is 5.75 Å². The molecule has 0 saturated carbocycles. The maximum Gasteiger partial charge on any atom is 0.119 e. The highest BCUT2D eigenvalue weighted by Gasteiger charge is 2.14. The molecule has 0 fully saturated rings. The van der Waals surface area contributed by atoms with E-state index >= 15 is 0 Å². The minimum Gasteiger partial charge on any atom is -0.497 e. The van der Waals surface area contributed by atoms with Crippen molar-refractivity contribution < 1.29 is 4.74 Å². The maximum atomic E-state index is 5.27. The van der Waals surface area contributed by atoms with Gasteiger partial charge >= 0.3 is 0 Å². The number of rotatable bonds is 6. The lowest BCUT2D eigenvalue weighted by atomic mass is 9.99. The van der Waals surface area contributed by atoms with Crippen LogP contribution in [0.25, 0.3) is 0 Å². The molecule has 1 aromatic carbocycles. The Morgan fingerprint density at radius 3 is 2.70 bits per heavy atom. The quantitative estimate of drug-likeness (QED) is 0.871. The van der Waals surface area contributed by atoms with Gasteiger partial charge in [-0.2, -0.15) is 0 Å². The highest BCUT2D eigenvalue weighted by molar-refractivity contribution is 5.29. The summed E-state index contributed by atoms with van der Waals surface area (Å²) in [6.07, 6.45) is 4.36. The first-order chi connectivity index (χ1) is 9.63.